The van der Waals surface area contributed by atoms with E-state index >= 15 is 0 Å². The summed E-state index contributed by atoms with van der Waals surface area (Å²) in [4.78, 5) is 0. The summed E-state index contributed by atoms with van der Waals surface area (Å²) in [7, 11) is 0. The van der Waals surface area contributed by atoms with Crippen molar-refractivity contribution < 1.29 is 0 Å². The van der Waals surface area contributed by atoms with Gasteiger partial charge in [-0.25, -0.2) is 4.68 Å². The van der Waals surface area contributed by atoms with Gasteiger partial charge in [0.25, 0.3) is 0 Å². The van der Waals surface area contributed by atoms with Crippen molar-refractivity contribution in [3.05, 3.63) is 47.7 Å². The molecule has 0 unspecified atom stereocenters. The highest BCUT2D eigenvalue weighted by Crippen LogP contribution is 2.17. The molecule has 0 N–H and O–H groups in total. The van der Waals surface area contributed by atoms with Crippen LogP contribution in [0, 0.1) is 6.20 Å². The largest absolute Gasteiger partial charge is 0.230 e. The Kier molecular flexibility index (Phi) is 1.84. The maximum atomic E-state index is 5.93. The summed E-state index contributed by atoms with van der Waals surface area (Å²) >= 11 is 5.93. The second-order valence-corrected chi connectivity index (χ2v) is 2.73. The predicted octanol–water partition coefficient (Wildman–Crippen LogP) is 2.33. The van der Waals surface area contributed by atoms with Crippen LogP contribution in [-0.2, 0) is 0 Å². The number of hydrogen-bond acceptors (Lipinski definition) is 1. The topological polar surface area (TPSA) is 17.8 Å². The smallest absolute Gasteiger partial charge is 0.0927 e. The first-order valence-electron chi connectivity index (χ1n) is 3.54. The van der Waals surface area contributed by atoms with E-state index in [-0.39, 0.29) is 0 Å². The van der Waals surface area contributed by atoms with E-state index in [4.69, 9.17) is 11.6 Å². The van der Waals surface area contributed by atoms with Gasteiger partial charge in [0, 0.05) is 0 Å². The number of halogens is 1. The van der Waals surface area contributed by atoms with E-state index in [1.54, 1.807) is 16.9 Å². The molecule has 1 aromatic heterocycles. The Morgan fingerprint density at radius 3 is 2.83 bits per heavy atom. The van der Waals surface area contributed by atoms with Crippen molar-refractivity contribution in [3.63, 3.8) is 0 Å². The van der Waals surface area contributed by atoms with Crippen molar-refractivity contribution in [2.45, 2.75) is 0 Å². The molecular formula is C9H6ClN2. The van der Waals surface area contributed by atoms with Gasteiger partial charge in [0.15, 0.2) is 0 Å². The fourth-order valence-electron chi connectivity index (χ4n) is 0.993. The highest BCUT2D eigenvalue weighted by molar-refractivity contribution is 6.32. The number of hydrogen-bond donors (Lipinski definition) is 0. The SMILES string of the molecule is Clc1ccccc1-n1[c]ccn1. The van der Waals surface area contributed by atoms with Gasteiger partial charge >= 0.3 is 0 Å². The number of nitrogens with zero attached hydrogens (tertiary/aromatic N) is 2. The molecule has 1 heterocycles. The van der Waals surface area contributed by atoms with Crippen molar-refractivity contribution in [1.82, 2.24) is 9.78 Å². The molecule has 59 valence electrons. The van der Waals surface area contributed by atoms with E-state index in [0.717, 1.165) is 5.69 Å². The quantitative estimate of drug-likeness (QED) is 0.654. The van der Waals surface area contributed by atoms with Gasteiger partial charge in [-0.05, 0) is 18.2 Å². The average molecular weight is 178 g/mol. The summed E-state index contributed by atoms with van der Waals surface area (Å²) < 4.78 is 1.61. The summed E-state index contributed by atoms with van der Waals surface area (Å²) in [5, 5.41) is 4.70. The van der Waals surface area contributed by atoms with Crippen LogP contribution in [0.25, 0.3) is 5.69 Å². The molecule has 0 amide bonds. The van der Waals surface area contributed by atoms with Gasteiger partial charge in [0.2, 0.25) is 0 Å². The Labute approximate surface area is 75.4 Å². The van der Waals surface area contributed by atoms with Crippen LogP contribution in [0.2, 0.25) is 5.02 Å². The van der Waals surface area contributed by atoms with E-state index in [2.05, 4.69) is 11.3 Å². The third-order valence-electron chi connectivity index (χ3n) is 1.53. The van der Waals surface area contributed by atoms with Crippen LogP contribution in [0.5, 0.6) is 0 Å². The third kappa shape index (κ3) is 1.21. The maximum absolute atomic E-state index is 5.93. The highest BCUT2D eigenvalue weighted by atomic mass is 35.5. The van der Waals surface area contributed by atoms with Gasteiger partial charge < -0.3 is 0 Å². The van der Waals surface area contributed by atoms with Crippen molar-refractivity contribution in [3.8, 4) is 5.69 Å². The molecule has 0 aliphatic carbocycles. The van der Waals surface area contributed by atoms with Crippen LogP contribution in [0.15, 0.2) is 36.5 Å². The fraction of sp³-hybridized carbons (Fsp3) is 0. The summed E-state index contributed by atoms with van der Waals surface area (Å²) in [6.07, 6.45) is 4.59. The first kappa shape index (κ1) is 7.37. The van der Waals surface area contributed by atoms with E-state index < -0.39 is 0 Å². The molecule has 0 atom stereocenters. The first-order valence-corrected chi connectivity index (χ1v) is 3.92. The highest BCUT2D eigenvalue weighted by Gasteiger charge is 1.99. The summed E-state index contributed by atoms with van der Waals surface area (Å²) in [5.41, 5.74) is 0.851. The maximum Gasteiger partial charge on any atom is 0.0927 e. The van der Waals surface area contributed by atoms with E-state index in [1.807, 2.05) is 24.3 Å². The third-order valence-corrected chi connectivity index (χ3v) is 1.85. The Balaban J connectivity index is 2.55. The van der Waals surface area contributed by atoms with Gasteiger partial charge in [0.1, 0.15) is 0 Å². The second kappa shape index (κ2) is 2.99. The lowest BCUT2D eigenvalue weighted by atomic mass is 10.3. The Bertz CT molecular complexity index is 368. The number of benzene rings is 1. The lowest BCUT2D eigenvalue weighted by Crippen LogP contribution is -1.94. The number of aromatic nitrogens is 2. The summed E-state index contributed by atoms with van der Waals surface area (Å²) in [6.45, 7) is 0. The van der Waals surface area contributed by atoms with Crippen LogP contribution in [0.3, 0.4) is 0 Å². The number of para-hydroxylation sites is 1. The standard InChI is InChI=1S/C9H6ClN2/c10-8-4-1-2-5-9(8)12-7-3-6-11-12/h1-6H. The molecule has 1 radical (unpaired) electrons. The molecule has 0 saturated carbocycles. The van der Waals surface area contributed by atoms with Crippen LogP contribution in [0.4, 0.5) is 0 Å². The van der Waals surface area contributed by atoms with Crippen molar-refractivity contribution in [2.75, 3.05) is 0 Å². The molecule has 0 saturated heterocycles. The van der Waals surface area contributed by atoms with Gasteiger partial charge in [-0.2, -0.15) is 5.10 Å². The Hall–Kier alpha value is -1.28. The first-order chi connectivity index (χ1) is 5.88. The second-order valence-electron chi connectivity index (χ2n) is 2.32. The Morgan fingerprint density at radius 1 is 1.33 bits per heavy atom. The van der Waals surface area contributed by atoms with Crippen LogP contribution in [0.1, 0.15) is 0 Å². The molecule has 0 aliphatic rings. The van der Waals surface area contributed by atoms with Gasteiger partial charge in [-0.15, -0.1) is 0 Å². The molecule has 1 aromatic carbocycles. The van der Waals surface area contributed by atoms with E-state index in [0.29, 0.717) is 5.02 Å². The molecule has 2 nitrogen and oxygen atoms in total. The molecule has 3 heteroatoms. The fourth-order valence-corrected chi connectivity index (χ4v) is 1.21. The van der Waals surface area contributed by atoms with Gasteiger partial charge in [-0.3, -0.25) is 0 Å². The molecule has 0 fully saturated rings. The van der Waals surface area contributed by atoms with Crippen molar-refractivity contribution >= 4 is 11.6 Å². The molecule has 0 bridgehead atoms. The minimum absolute atomic E-state index is 0.678. The molecular weight excluding hydrogens is 172 g/mol. The predicted molar refractivity (Wildman–Crippen MR) is 47.4 cm³/mol. The normalized spacial score (nSPS) is 10.1. The lowest BCUT2D eigenvalue weighted by Gasteiger charge is -2.01. The zero-order chi connectivity index (χ0) is 8.39. The monoisotopic (exact) mass is 177 g/mol. The van der Waals surface area contributed by atoms with Crippen LogP contribution in [-0.4, -0.2) is 9.78 Å². The van der Waals surface area contributed by atoms with Crippen molar-refractivity contribution in [1.29, 1.82) is 0 Å². The van der Waals surface area contributed by atoms with Gasteiger partial charge in [-0.1, -0.05) is 23.7 Å². The molecule has 0 aliphatic heterocycles. The zero-order valence-corrected chi connectivity index (χ0v) is 6.99. The summed E-state index contributed by atoms with van der Waals surface area (Å²) in [6, 6.07) is 9.26. The minimum atomic E-state index is 0.678. The molecule has 2 rings (SSSR count). The van der Waals surface area contributed by atoms with Gasteiger partial charge in [0.05, 0.1) is 23.1 Å². The molecule has 0 spiro atoms. The van der Waals surface area contributed by atoms with Crippen LogP contribution < -0.4 is 0 Å². The van der Waals surface area contributed by atoms with E-state index in [1.165, 1.54) is 0 Å². The Morgan fingerprint density at radius 2 is 2.17 bits per heavy atom. The average Bonchev–Trinajstić information content (AvgIpc) is 2.57. The van der Waals surface area contributed by atoms with Crippen LogP contribution >= 0.6 is 11.6 Å². The zero-order valence-electron chi connectivity index (χ0n) is 6.24. The number of rotatable bonds is 1. The lowest BCUT2D eigenvalue weighted by molar-refractivity contribution is 0.874. The molecule has 2 aromatic rings. The summed E-state index contributed by atoms with van der Waals surface area (Å²) in [5.74, 6) is 0. The van der Waals surface area contributed by atoms with E-state index in [9.17, 15) is 0 Å². The van der Waals surface area contributed by atoms with Crippen molar-refractivity contribution in [2.24, 2.45) is 0 Å². The molecule has 12 heavy (non-hydrogen) atoms. The minimum Gasteiger partial charge on any atom is -0.230 e.